The summed E-state index contributed by atoms with van der Waals surface area (Å²) in [5.41, 5.74) is 1.80. The Morgan fingerprint density at radius 1 is 1.28 bits per heavy atom. The summed E-state index contributed by atoms with van der Waals surface area (Å²) in [5.74, 6) is 0.112. The van der Waals surface area contributed by atoms with Crippen molar-refractivity contribution in [3.8, 4) is 0 Å². The lowest BCUT2D eigenvalue weighted by Crippen LogP contribution is -2.25. The summed E-state index contributed by atoms with van der Waals surface area (Å²) in [6.45, 7) is 0. The van der Waals surface area contributed by atoms with E-state index in [9.17, 15) is 22.0 Å². The van der Waals surface area contributed by atoms with Gasteiger partial charge in [-0.05, 0) is 37.1 Å². The first-order valence-electron chi connectivity index (χ1n) is 9.94. The fourth-order valence-corrected chi connectivity index (χ4v) is 4.16. The molecule has 2 aromatic rings. The number of halogens is 3. The Labute approximate surface area is 189 Å². The number of ketones is 1. The van der Waals surface area contributed by atoms with Crippen LogP contribution in [0.5, 0.6) is 0 Å². The third kappa shape index (κ3) is 4.75. The van der Waals surface area contributed by atoms with Crippen LogP contribution in [0.1, 0.15) is 24.2 Å². The van der Waals surface area contributed by atoms with Crippen molar-refractivity contribution in [3.63, 3.8) is 0 Å². The highest BCUT2D eigenvalue weighted by molar-refractivity contribution is 7.92. The van der Waals surface area contributed by atoms with Crippen molar-refractivity contribution < 1.29 is 22.0 Å². The molecule has 1 aliphatic carbocycles. The molecule has 0 saturated heterocycles. The molecule has 0 spiro atoms. The zero-order chi connectivity index (χ0) is 23.2. The molecule has 1 N–H and O–H groups in total. The molecule has 11 heteroatoms. The van der Waals surface area contributed by atoms with Gasteiger partial charge in [0.1, 0.15) is 11.5 Å². The van der Waals surface area contributed by atoms with E-state index >= 15 is 0 Å². The molecule has 1 aromatic carbocycles. The van der Waals surface area contributed by atoms with E-state index in [0.717, 1.165) is 23.4 Å². The van der Waals surface area contributed by atoms with Crippen molar-refractivity contribution in [1.29, 1.82) is 0 Å². The second kappa shape index (κ2) is 8.40. The first kappa shape index (κ1) is 22.6. The number of rotatable bonds is 8. The van der Waals surface area contributed by atoms with Gasteiger partial charge in [-0.25, -0.2) is 22.2 Å². The number of nitrogens with zero attached hydrogens (tertiary/aromatic N) is 3. The van der Waals surface area contributed by atoms with E-state index in [1.165, 1.54) is 13.1 Å². The van der Waals surface area contributed by atoms with Crippen LogP contribution < -0.4 is 9.62 Å². The van der Waals surface area contributed by atoms with Crippen molar-refractivity contribution in [2.75, 3.05) is 22.9 Å². The van der Waals surface area contributed by atoms with Crippen LogP contribution in [0.25, 0.3) is 0 Å². The minimum atomic E-state index is -3.59. The Morgan fingerprint density at radius 3 is 2.62 bits per heavy atom. The van der Waals surface area contributed by atoms with Crippen LogP contribution in [0.2, 0.25) is 5.02 Å². The van der Waals surface area contributed by atoms with Gasteiger partial charge >= 0.3 is 0 Å². The maximum absolute atomic E-state index is 13.3. The van der Waals surface area contributed by atoms with Crippen LogP contribution in [0.3, 0.4) is 0 Å². The number of aliphatic imine (C=N–C) groups is 1. The average molecular weight is 483 g/mol. The molecule has 2 aliphatic rings. The van der Waals surface area contributed by atoms with Gasteiger partial charge in [-0.3, -0.25) is 14.1 Å². The van der Waals surface area contributed by atoms with Crippen LogP contribution in [-0.4, -0.2) is 44.6 Å². The maximum atomic E-state index is 13.3. The van der Waals surface area contributed by atoms with E-state index in [1.54, 1.807) is 18.2 Å². The number of Topliss-reactive ketones (excluding diaryl/α,β-unsaturated/α-hetero) is 1. The van der Waals surface area contributed by atoms with Crippen molar-refractivity contribution in [2.45, 2.75) is 32.1 Å². The molecular formula is C21H21ClF2N4O3S. The van der Waals surface area contributed by atoms with Gasteiger partial charge in [0.05, 0.1) is 40.4 Å². The third-order valence-electron chi connectivity index (χ3n) is 5.43. The van der Waals surface area contributed by atoms with Crippen molar-refractivity contribution in [3.05, 3.63) is 40.7 Å². The highest BCUT2D eigenvalue weighted by Crippen LogP contribution is 2.40. The number of carbonyl (C=O) groups excluding carboxylic acids is 1. The molecule has 4 rings (SSSR count). The predicted molar refractivity (Wildman–Crippen MR) is 120 cm³/mol. The average Bonchev–Trinajstić information content (AvgIpc) is 3.47. The quantitative estimate of drug-likeness (QED) is 0.606. The largest absolute Gasteiger partial charge is 0.352 e. The van der Waals surface area contributed by atoms with E-state index in [4.69, 9.17) is 11.6 Å². The number of anilines is 3. The van der Waals surface area contributed by atoms with Gasteiger partial charge in [-0.15, -0.1) is 0 Å². The van der Waals surface area contributed by atoms with Crippen LogP contribution in [0.15, 0.2) is 29.3 Å². The van der Waals surface area contributed by atoms with Crippen molar-refractivity contribution in [2.24, 2.45) is 10.9 Å². The Kier molecular flexibility index (Phi) is 5.93. The number of aromatic nitrogens is 1. The summed E-state index contributed by atoms with van der Waals surface area (Å²) in [5, 5.41) is 3.43. The Morgan fingerprint density at radius 2 is 2.00 bits per heavy atom. The molecule has 1 saturated carbocycles. The van der Waals surface area contributed by atoms with Crippen molar-refractivity contribution >= 4 is 55.9 Å². The van der Waals surface area contributed by atoms with Crippen molar-refractivity contribution in [1.82, 2.24) is 4.98 Å². The summed E-state index contributed by atoms with van der Waals surface area (Å²) >= 11 is 6.08. The van der Waals surface area contributed by atoms with E-state index in [1.807, 2.05) is 0 Å². The topological polar surface area (TPSA) is 91.7 Å². The number of benzene rings is 1. The zero-order valence-electron chi connectivity index (χ0n) is 17.4. The first-order chi connectivity index (χ1) is 15.0. The minimum Gasteiger partial charge on any atom is -0.352 e. The summed E-state index contributed by atoms with van der Waals surface area (Å²) < 4.78 is 51.9. The molecule has 0 unspecified atom stereocenters. The van der Waals surface area contributed by atoms with Gasteiger partial charge in [-0.1, -0.05) is 11.6 Å². The minimum absolute atomic E-state index is 0.0422. The summed E-state index contributed by atoms with van der Waals surface area (Å²) in [7, 11) is -2.21. The molecule has 2 heterocycles. The Balaban J connectivity index is 1.76. The third-order valence-corrected chi connectivity index (χ3v) is 6.85. The molecule has 1 aromatic heterocycles. The normalized spacial score (nSPS) is 15.5. The summed E-state index contributed by atoms with van der Waals surface area (Å²) in [6, 6.07) is 6.26. The van der Waals surface area contributed by atoms with Gasteiger partial charge in [0.25, 0.3) is 6.43 Å². The lowest BCUT2D eigenvalue weighted by atomic mass is 10.1. The number of alkyl halides is 2. The molecule has 0 radical (unpaired) electrons. The van der Waals surface area contributed by atoms with E-state index in [-0.39, 0.29) is 41.6 Å². The van der Waals surface area contributed by atoms with Crippen LogP contribution in [0.4, 0.5) is 31.5 Å². The number of carbonyl (C=O) groups is 1. The molecule has 0 atom stereocenters. The van der Waals surface area contributed by atoms with E-state index in [0.29, 0.717) is 27.8 Å². The fourth-order valence-electron chi connectivity index (χ4n) is 3.49. The van der Waals surface area contributed by atoms with Gasteiger partial charge in [0.15, 0.2) is 0 Å². The lowest BCUT2D eigenvalue weighted by Gasteiger charge is -2.22. The Bertz CT molecular complexity index is 1230. The molecule has 1 fully saturated rings. The number of hydrogen-bond donors (Lipinski definition) is 1. The number of nitrogens with one attached hydrogen (secondary N) is 1. The van der Waals surface area contributed by atoms with Gasteiger partial charge in [-0.2, -0.15) is 0 Å². The molecule has 1 aliphatic heterocycles. The highest BCUT2D eigenvalue weighted by atomic mass is 35.5. The van der Waals surface area contributed by atoms with E-state index in [2.05, 4.69) is 15.3 Å². The smallest absolute Gasteiger partial charge is 0.277 e. The van der Waals surface area contributed by atoms with Crippen LogP contribution in [0, 0.1) is 5.92 Å². The Hall–Kier alpha value is -2.59. The number of pyridine rings is 1. The summed E-state index contributed by atoms with van der Waals surface area (Å²) in [4.78, 5) is 20.8. The first-order valence-corrected chi connectivity index (χ1v) is 12.2. The molecule has 0 amide bonds. The lowest BCUT2D eigenvalue weighted by molar-refractivity contribution is -0.119. The molecule has 32 heavy (non-hydrogen) atoms. The van der Waals surface area contributed by atoms with Gasteiger partial charge in [0, 0.05) is 30.8 Å². The zero-order valence-corrected chi connectivity index (χ0v) is 19.0. The molecule has 0 bridgehead atoms. The number of fused-ring (bicyclic) bond motifs is 1. The summed E-state index contributed by atoms with van der Waals surface area (Å²) in [6.07, 6.45) is 0.0507. The molecule has 7 nitrogen and oxygen atoms in total. The fraction of sp³-hybridized carbons (Fsp3) is 0.381. The second-order valence-electron chi connectivity index (χ2n) is 7.97. The molecule has 170 valence electrons. The second-order valence-corrected chi connectivity index (χ2v) is 10.4. The molecular weight excluding hydrogens is 462 g/mol. The highest BCUT2D eigenvalue weighted by Gasteiger charge is 2.31. The van der Waals surface area contributed by atoms with Gasteiger partial charge < -0.3 is 5.32 Å². The van der Waals surface area contributed by atoms with Crippen LogP contribution in [-0.2, 0) is 27.7 Å². The maximum Gasteiger partial charge on any atom is 0.277 e. The standard InChI is InChI=1S/C21H21ClF2N4O3S/c1-28(32(2,30)31)18-7-12(22)5-6-14(18)26-15-8-13(9-19(29)11-3-4-11)25-16-10-17(21(23)24)27-20(15)16/h5-8,11,21H,3-4,9-10H2,1-2H3,(H,25,26). The van der Waals surface area contributed by atoms with E-state index < -0.39 is 16.4 Å². The predicted octanol–water partition coefficient (Wildman–Crippen LogP) is 4.29. The van der Waals surface area contributed by atoms with Gasteiger partial charge in [0.2, 0.25) is 10.0 Å². The number of sulfonamides is 1. The monoisotopic (exact) mass is 482 g/mol. The van der Waals surface area contributed by atoms with Crippen LogP contribution >= 0.6 is 11.6 Å². The number of hydrogen-bond acceptors (Lipinski definition) is 6. The SMILES string of the molecule is CN(c1cc(Cl)ccc1Nc1cc(CC(=O)C2CC2)nc2c1N=C(C(F)F)C2)S(C)(=O)=O.